The lowest BCUT2D eigenvalue weighted by atomic mass is 9.70. The van der Waals surface area contributed by atoms with E-state index >= 15 is 0 Å². The summed E-state index contributed by atoms with van der Waals surface area (Å²) in [5.74, 6) is 0.375. The van der Waals surface area contributed by atoms with E-state index in [9.17, 15) is 13.2 Å². The predicted molar refractivity (Wildman–Crippen MR) is 74.1 cm³/mol. The van der Waals surface area contributed by atoms with Crippen molar-refractivity contribution in [1.82, 2.24) is 0 Å². The van der Waals surface area contributed by atoms with E-state index < -0.39 is 11.7 Å². The molecule has 2 N–H and O–H groups in total. The maximum absolute atomic E-state index is 12.5. The first-order chi connectivity index (χ1) is 9.19. The molecule has 1 aliphatic rings. The minimum absolute atomic E-state index is 0.159. The van der Waals surface area contributed by atoms with Crippen molar-refractivity contribution in [2.75, 3.05) is 0 Å². The molecule has 112 valence electrons. The quantitative estimate of drug-likeness (QED) is 0.820. The second kappa shape index (κ2) is 5.40. The van der Waals surface area contributed by atoms with Crippen molar-refractivity contribution in [3.05, 3.63) is 35.4 Å². The fourth-order valence-electron chi connectivity index (χ4n) is 2.95. The molecule has 4 heteroatoms. The molecule has 0 radical (unpaired) electrons. The van der Waals surface area contributed by atoms with E-state index in [0.717, 1.165) is 43.4 Å². The fourth-order valence-corrected chi connectivity index (χ4v) is 2.95. The first kappa shape index (κ1) is 15.4. The molecule has 1 nitrogen and oxygen atoms in total. The second-order valence-electron chi connectivity index (χ2n) is 6.65. The molecule has 1 aromatic carbocycles. The summed E-state index contributed by atoms with van der Waals surface area (Å²) in [7, 11) is 0. The standard InChI is InChI=1S/C16H22F3N/c1-15(2)9-7-12(8-10-15)14(20)11-3-5-13(6-4-11)16(17,18)19/h3-6,12,14H,7-10,20H2,1-2H3. The molecule has 0 saturated heterocycles. The molecule has 0 aliphatic heterocycles. The van der Waals surface area contributed by atoms with E-state index in [1.165, 1.54) is 12.1 Å². The molecule has 0 aromatic heterocycles. The highest BCUT2D eigenvalue weighted by Gasteiger charge is 2.32. The maximum Gasteiger partial charge on any atom is 0.416 e. The van der Waals surface area contributed by atoms with Crippen LogP contribution < -0.4 is 5.73 Å². The summed E-state index contributed by atoms with van der Waals surface area (Å²) in [4.78, 5) is 0. The monoisotopic (exact) mass is 285 g/mol. The summed E-state index contributed by atoms with van der Waals surface area (Å²) in [6.45, 7) is 4.51. The molecule has 0 amide bonds. The van der Waals surface area contributed by atoms with Crippen LogP contribution in [0.2, 0.25) is 0 Å². The third-order valence-corrected chi connectivity index (χ3v) is 4.51. The van der Waals surface area contributed by atoms with Gasteiger partial charge in [-0.3, -0.25) is 0 Å². The maximum atomic E-state index is 12.5. The van der Waals surface area contributed by atoms with Crippen molar-refractivity contribution in [2.45, 2.75) is 51.7 Å². The Morgan fingerprint density at radius 3 is 2.05 bits per heavy atom. The smallest absolute Gasteiger partial charge is 0.324 e. The van der Waals surface area contributed by atoms with Crippen molar-refractivity contribution >= 4 is 0 Å². The highest BCUT2D eigenvalue weighted by atomic mass is 19.4. The molecule has 1 aliphatic carbocycles. The van der Waals surface area contributed by atoms with E-state index in [1.807, 2.05) is 0 Å². The van der Waals surface area contributed by atoms with Crippen LogP contribution in [0, 0.1) is 11.3 Å². The van der Waals surface area contributed by atoms with E-state index in [0.29, 0.717) is 11.3 Å². The topological polar surface area (TPSA) is 26.0 Å². The van der Waals surface area contributed by atoms with Crippen molar-refractivity contribution in [3.63, 3.8) is 0 Å². The fraction of sp³-hybridized carbons (Fsp3) is 0.625. The van der Waals surface area contributed by atoms with Crippen molar-refractivity contribution < 1.29 is 13.2 Å². The number of benzene rings is 1. The molecule has 0 spiro atoms. The van der Waals surface area contributed by atoms with Gasteiger partial charge in [0, 0.05) is 6.04 Å². The van der Waals surface area contributed by atoms with Gasteiger partial charge in [0.05, 0.1) is 5.56 Å². The van der Waals surface area contributed by atoms with Crippen molar-refractivity contribution in [3.8, 4) is 0 Å². The summed E-state index contributed by atoms with van der Waals surface area (Å²) in [5, 5.41) is 0. The molecular weight excluding hydrogens is 263 g/mol. The van der Waals surface area contributed by atoms with Gasteiger partial charge in [0.25, 0.3) is 0 Å². The van der Waals surface area contributed by atoms with Crippen LogP contribution in [-0.4, -0.2) is 0 Å². The zero-order valence-corrected chi connectivity index (χ0v) is 12.0. The first-order valence-electron chi connectivity index (χ1n) is 7.12. The zero-order valence-electron chi connectivity index (χ0n) is 12.0. The van der Waals surface area contributed by atoms with E-state index in [-0.39, 0.29) is 6.04 Å². The van der Waals surface area contributed by atoms with Gasteiger partial charge in [0.2, 0.25) is 0 Å². The van der Waals surface area contributed by atoms with Crippen LogP contribution in [0.25, 0.3) is 0 Å². The Hall–Kier alpha value is -1.03. The molecule has 0 bridgehead atoms. The number of alkyl halides is 3. The van der Waals surface area contributed by atoms with E-state index in [2.05, 4.69) is 13.8 Å². The zero-order chi connectivity index (χ0) is 15.0. The molecular formula is C16H22F3N. The van der Waals surface area contributed by atoms with Crippen LogP contribution in [-0.2, 0) is 6.18 Å². The third-order valence-electron chi connectivity index (χ3n) is 4.51. The van der Waals surface area contributed by atoms with Gasteiger partial charge >= 0.3 is 6.18 Å². The Balaban J connectivity index is 2.05. The lowest BCUT2D eigenvalue weighted by Crippen LogP contribution is -2.29. The highest BCUT2D eigenvalue weighted by Crippen LogP contribution is 2.42. The van der Waals surface area contributed by atoms with Gasteiger partial charge in [-0.2, -0.15) is 13.2 Å². The van der Waals surface area contributed by atoms with Crippen molar-refractivity contribution in [1.29, 1.82) is 0 Å². The van der Waals surface area contributed by atoms with Gasteiger partial charge in [0.1, 0.15) is 0 Å². The average Bonchev–Trinajstić information content (AvgIpc) is 2.37. The number of nitrogens with two attached hydrogens (primary N) is 1. The Morgan fingerprint density at radius 2 is 1.60 bits per heavy atom. The summed E-state index contributed by atoms with van der Waals surface area (Å²) in [5.41, 5.74) is 6.80. The van der Waals surface area contributed by atoms with Gasteiger partial charge in [-0.05, 0) is 54.7 Å². The van der Waals surface area contributed by atoms with Crippen LogP contribution in [0.1, 0.15) is 56.7 Å². The summed E-state index contributed by atoms with van der Waals surface area (Å²) < 4.78 is 37.6. The molecule has 0 heterocycles. The summed E-state index contributed by atoms with van der Waals surface area (Å²) in [6, 6.07) is 5.14. The lowest BCUT2D eigenvalue weighted by Gasteiger charge is -2.37. The molecule has 2 rings (SSSR count). The van der Waals surface area contributed by atoms with E-state index in [4.69, 9.17) is 5.73 Å². The van der Waals surface area contributed by atoms with Crippen LogP contribution >= 0.6 is 0 Å². The van der Waals surface area contributed by atoms with Crippen LogP contribution in [0.15, 0.2) is 24.3 Å². The van der Waals surface area contributed by atoms with Crippen molar-refractivity contribution in [2.24, 2.45) is 17.1 Å². The van der Waals surface area contributed by atoms with E-state index in [1.54, 1.807) is 0 Å². The largest absolute Gasteiger partial charge is 0.416 e. The predicted octanol–water partition coefficient (Wildman–Crippen LogP) is 4.92. The minimum atomic E-state index is -4.28. The van der Waals surface area contributed by atoms with Gasteiger partial charge < -0.3 is 5.73 Å². The minimum Gasteiger partial charge on any atom is -0.324 e. The second-order valence-corrected chi connectivity index (χ2v) is 6.65. The molecule has 1 unspecified atom stereocenters. The first-order valence-corrected chi connectivity index (χ1v) is 7.12. The SMILES string of the molecule is CC1(C)CCC(C(N)c2ccc(C(F)(F)F)cc2)CC1. The van der Waals surface area contributed by atoms with Gasteiger partial charge in [-0.15, -0.1) is 0 Å². The summed E-state index contributed by atoms with van der Waals surface area (Å²) >= 11 is 0. The van der Waals surface area contributed by atoms with Gasteiger partial charge in [0.15, 0.2) is 0 Å². The third kappa shape index (κ3) is 3.54. The normalized spacial score (nSPS) is 21.7. The highest BCUT2D eigenvalue weighted by molar-refractivity contribution is 5.27. The Labute approximate surface area is 118 Å². The molecule has 20 heavy (non-hydrogen) atoms. The molecule has 1 aromatic rings. The van der Waals surface area contributed by atoms with Crippen LogP contribution in [0.5, 0.6) is 0 Å². The number of halogens is 3. The average molecular weight is 285 g/mol. The number of hydrogen-bond acceptors (Lipinski definition) is 1. The molecule has 1 fully saturated rings. The van der Waals surface area contributed by atoms with Gasteiger partial charge in [-0.25, -0.2) is 0 Å². The summed E-state index contributed by atoms with van der Waals surface area (Å²) in [6.07, 6.45) is 0.0832. The lowest BCUT2D eigenvalue weighted by molar-refractivity contribution is -0.137. The van der Waals surface area contributed by atoms with Crippen LogP contribution in [0.4, 0.5) is 13.2 Å². The molecule has 1 saturated carbocycles. The Morgan fingerprint density at radius 1 is 1.10 bits per heavy atom. The Bertz CT molecular complexity index is 438. The number of hydrogen-bond donors (Lipinski definition) is 1. The Kier molecular flexibility index (Phi) is 4.14. The van der Waals surface area contributed by atoms with Crippen LogP contribution in [0.3, 0.4) is 0 Å². The van der Waals surface area contributed by atoms with Gasteiger partial charge in [-0.1, -0.05) is 26.0 Å². The number of rotatable bonds is 2. The molecule has 1 atom stereocenters.